The number of carbonyl (C=O) groups is 1. The molecule has 1 aromatic carbocycles. The van der Waals surface area contributed by atoms with Gasteiger partial charge in [-0.1, -0.05) is 12.1 Å². The second-order valence-corrected chi connectivity index (χ2v) is 5.51. The van der Waals surface area contributed by atoms with Gasteiger partial charge in [0, 0.05) is 13.1 Å². The first-order chi connectivity index (χ1) is 9.72. The van der Waals surface area contributed by atoms with E-state index in [0.717, 1.165) is 23.8 Å². The monoisotopic (exact) mass is 290 g/mol. The summed E-state index contributed by atoms with van der Waals surface area (Å²) in [6, 6.07) is 6.80. The largest absolute Gasteiger partial charge is 0.508 e. The Kier molecular flexibility index (Phi) is 3.75. The maximum absolute atomic E-state index is 11.9. The summed E-state index contributed by atoms with van der Waals surface area (Å²) in [5.74, 6) is -0.0380. The first kappa shape index (κ1) is 13.2. The standard InChI is InChI=1S/C14H14N2O3S/c17-11-3-1-2-10(8-11)9-12-13(18)15-14(20-12)16-4-6-19-7-5-16/h1-3,8-9,17H,4-7H2/b12-9-. The van der Waals surface area contributed by atoms with Gasteiger partial charge in [-0.15, -0.1) is 0 Å². The smallest absolute Gasteiger partial charge is 0.286 e. The summed E-state index contributed by atoms with van der Waals surface area (Å²) in [6.07, 6.45) is 1.75. The van der Waals surface area contributed by atoms with Crippen molar-refractivity contribution in [2.75, 3.05) is 26.3 Å². The molecule has 2 aliphatic rings. The minimum Gasteiger partial charge on any atom is -0.508 e. The van der Waals surface area contributed by atoms with Crippen molar-refractivity contribution in [2.24, 2.45) is 4.99 Å². The van der Waals surface area contributed by atoms with Crippen LogP contribution in [0.1, 0.15) is 5.56 Å². The van der Waals surface area contributed by atoms with Crippen LogP contribution in [-0.2, 0) is 9.53 Å². The van der Waals surface area contributed by atoms with E-state index in [1.54, 1.807) is 24.3 Å². The van der Waals surface area contributed by atoms with Crippen LogP contribution in [-0.4, -0.2) is 47.4 Å². The molecule has 0 aromatic heterocycles. The highest BCUT2D eigenvalue weighted by Crippen LogP contribution is 2.30. The van der Waals surface area contributed by atoms with Gasteiger partial charge in [0.25, 0.3) is 5.91 Å². The molecule has 0 atom stereocenters. The Morgan fingerprint density at radius 3 is 2.90 bits per heavy atom. The van der Waals surface area contributed by atoms with Crippen molar-refractivity contribution in [1.82, 2.24) is 4.90 Å². The van der Waals surface area contributed by atoms with Gasteiger partial charge in [-0.2, -0.15) is 4.99 Å². The number of rotatable bonds is 1. The number of aliphatic imine (C=N–C) groups is 1. The van der Waals surface area contributed by atoms with E-state index < -0.39 is 0 Å². The van der Waals surface area contributed by atoms with E-state index in [0.29, 0.717) is 18.1 Å². The van der Waals surface area contributed by atoms with Crippen LogP contribution < -0.4 is 0 Å². The van der Waals surface area contributed by atoms with Crippen molar-refractivity contribution in [3.8, 4) is 5.75 Å². The molecule has 0 unspecified atom stereocenters. The van der Waals surface area contributed by atoms with Crippen LogP contribution in [0.2, 0.25) is 0 Å². The number of nitrogens with zero attached hydrogens (tertiary/aromatic N) is 2. The molecule has 1 fully saturated rings. The van der Waals surface area contributed by atoms with E-state index in [1.165, 1.54) is 11.8 Å². The fraction of sp³-hybridized carbons (Fsp3) is 0.286. The van der Waals surface area contributed by atoms with Crippen LogP contribution in [0.15, 0.2) is 34.2 Å². The van der Waals surface area contributed by atoms with Gasteiger partial charge < -0.3 is 14.7 Å². The summed E-state index contributed by atoms with van der Waals surface area (Å²) in [5.41, 5.74) is 0.791. The van der Waals surface area contributed by atoms with Crippen molar-refractivity contribution in [2.45, 2.75) is 0 Å². The molecule has 0 bridgehead atoms. The summed E-state index contributed by atoms with van der Waals surface area (Å²) in [5, 5.41) is 10.2. The normalized spacial score (nSPS) is 21.4. The number of morpholine rings is 1. The Bertz CT molecular complexity index is 592. The molecule has 5 nitrogen and oxygen atoms in total. The van der Waals surface area contributed by atoms with E-state index in [4.69, 9.17) is 4.74 Å². The van der Waals surface area contributed by atoms with E-state index in [9.17, 15) is 9.90 Å². The third-order valence-electron chi connectivity index (χ3n) is 3.06. The molecular weight excluding hydrogens is 276 g/mol. The number of amidine groups is 1. The molecule has 1 amide bonds. The molecule has 2 aliphatic heterocycles. The molecule has 0 radical (unpaired) electrons. The summed E-state index contributed by atoms with van der Waals surface area (Å²) in [4.78, 5) is 18.7. The molecule has 0 spiro atoms. The van der Waals surface area contributed by atoms with Crippen LogP contribution in [0.5, 0.6) is 5.75 Å². The van der Waals surface area contributed by atoms with Gasteiger partial charge in [-0.3, -0.25) is 4.79 Å². The summed E-state index contributed by atoms with van der Waals surface area (Å²) < 4.78 is 5.29. The van der Waals surface area contributed by atoms with Crippen LogP contribution in [0.4, 0.5) is 0 Å². The number of amides is 1. The summed E-state index contributed by atoms with van der Waals surface area (Å²) >= 11 is 1.38. The van der Waals surface area contributed by atoms with E-state index >= 15 is 0 Å². The molecular formula is C14H14N2O3S. The summed E-state index contributed by atoms with van der Waals surface area (Å²) in [6.45, 7) is 2.86. The van der Waals surface area contributed by atoms with Gasteiger partial charge >= 0.3 is 0 Å². The van der Waals surface area contributed by atoms with Gasteiger partial charge in [0.15, 0.2) is 5.17 Å². The van der Waals surface area contributed by atoms with Gasteiger partial charge in [0.05, 0.1) is 18.1 Å². The predicted molar refractivity (Wildman–Crippen MR) is 78.5 cm³/mol. The lowest BCUT2D eigenvalue weighted by Gasteiger charge is -2.27. The van der Waals surface area contributed by atoms with E-state index in [-0.39, 0.29) is 11.7 Å². The second-order valence-electron chi connectivity index (χ2n) is 4.50. The predicted octanol–water partition coefficient (Wildman–Crippen LogP) is 1.69. The first-order valence-electron chi connectivity index (χ1n) is 6.37. The number of phenols is 1. The van der Waals surface area contributed by atoms with Gasteiger partial charge in [0.1, 0.15) is 5.75 Å². The number of carbonyl (C=O) groups excluding carboxylic acids is 1. The van der Waals surface area contributed by atoms with Crippen molar-refractivity contribution >= 4 is 28.9 Å². The number of hydrogen-bond donors (Lipinski definition) is 1. The van der Waals surface area contributed by atoms with Crippen molar-refractivity contribution in [1.29, 1.82) is 0 Å². The average molecular weight is 290 g/mol. The summed E-state index contributed by atoms with van der Waals surface area (Å²) in [7, 11) is 0. The van der Waals surface area contributed by atoms with Crippen LogP contribution in [0.3, 0.4) is 0 Å². The topological polar surface area (TPSA) is 62.1 Å². The molecule has 0 aliphatic carbocycles. The molecule has 3 rings (SSSR count). The molecule has 0 saturated carbocycles. The second kappa shape index (κ2) is 5.68. The Morgan fingerprint density at radius 2 is 2.15 bits per heavy atom. The highest BCUT2D eigenvalue weighted by molar-refractivity contribution is 8.18. The van der Waals surface area contributed by atoms with Gasteiger partial charge in [-0.05, 0) is 35.5 Å². The zero-order chi connectivity index (χ0) is 13.9. The number of benzene rings is 1. The lowest BCUT2D eigenvalue weighted by Crippen LogP contribution is -2.38. The zero-order valence-electron chi connectivity index (χ0n) is 10.8. The Balaban J connectivity index is 1.76. The highest BCUT2D eigenvalue weighted by atomic mass is 32.2. The van der Waals surface area contributed by atoms with Crippen molar-refractivity contribution < 1.29 is 14.6 Å². The minimum absolute atomic E-state index is 0.184. The van der Waals surface area contributed by atoms with E-state index in [2.05, 4.69) is 9.89 Å². The molecule has 1 aromatic rings. The van der Waals surface area contributed by atoms with Crippen LogP contribution >= 0.6 is 11.8 Å². The number of ether oxygens (including phenoxy) is 1. The Labute approximate surface area is 120 Å². The maximum atomic E-state index is 11.9. The number of phenolic OH excluding ortho intramolecular Hbond substituents is 1. The number of hydrogen-bond acceptors (Lipinski definition) is 5. The Hall–Kier alpha value is -1.79. The lowest BCUT2D eigenvalue weighted by molar-refractivity contribution is -0.113. The fourth-order valence-corrected chi connectivity index (χ4v) is 3.02. The fourth-order valence-electron chi connectivity index (χ4n) is 2.05. The maximum Gasteiger partial charge on any atom is 0.286 e. The zero-order valence-corrected chi connectivity index (χ0v) is 11.6. The third kappa shape index (κ3) is 2.86. The Morgan fingerprint density at radius 1 is 1.35 bits per heavy atom. The molecule has 6 heteroatoms. The van der Waals surface area contributed by atoms with E-state index in [1.807, 2.05) is 6.07 Å². The van der Waals surface area contributed by atoms with Gasteiger partial charge in [0.2, 0.25) is 0 Å². The quantitative estimate of drug-likeness (QED) is 0.798. The molecule has 104 valence electrons. The molecule has 2 heterocycles. The first-order valence-corrected chi connectivity index (χ1v) is 7.18. The average Bonchev–Trinajstić information content (AvgIpc) is 2.81. The third-order valence-corrected chi connectivity index (χ3v) is 4.10. The lowest BCUT2D eigenvalue weighted by atomic mass is 10.2. The van der Waals surface area contributed by atoms with Crippen LogP contribution in [0.25, 0.3) is 6.08 Å². The highest BCUT2D eigenvalue weighted by Gasteiger charge is 2.26. The van der Waals surface area contributed by atoms with Crippen molar-refractivity contribution in [3.63, 3.8) is 0 Å². The van der Waals surface area contributed by atoms with Crippen molar-refractivity contribution in [3.05, 3.63) is 34.7 Å². The number of aromatic hydroxyl groups is 1. The molecule has 1 saturated heterocycles. The SMILES string of the molecule is O=C1N=C(N2CCOCC2)S/C1=C\c1cccc(O)c1. The number of thioether (sulfide) groups is 1. The molecule has 1 N–H and O–H groups in total. The molecule has 20 heavy (non-hydrogen) atoms. The van der Waals surface area contributed by atoms with Crippen LogP contribution in [0, 0.1) is 0 Å². The minimum atomic E-state index is -0.222. The van der Waals surface area contributed by atoms with Gasteiger partial charge in [-0.25, -0.2) is 0 Å².